The Morgan fingerprint density at radius 3 is 2.89 bits per heavy atom. The van der Waals surface area contributed by atoms with Gasteiger partial charge in [-0.1, -0.05) is 34.5 Å². The largest absolute Gasteiger partial charge is 0.352 e. The molecule has 0 spiro atoms. The summed E-state index contributed by atoms with van der Waals surface area (Å²) >= 11 is 3.42. The normalized spacial score (nSPS) is 22.4. The van der Waals surface area contributed by atoms with Crippen LogP contribution in [0.1, 0.15) is 31.2 Å². The second-order valence-corrected chi connectivity index (χ2v) is 5.89. The number of hydrogen-bond donors (Lipinski definition) is 2. The van der Waals surface area contributed by atoms with E-state index in [1.54, 1.807) is 0 Å². The number of amides is 1. The van der Waals surface area contributed by atoms with Crippen molar-refractivity contribution in [3.05, 3.63) is 34.3 Å². The first-order valence-electron chi connectivity index (χ1n) is 6.43. The van der Waals surface area contributed by atoms with Crippen molar-refractivity contribution in [1.29, 1.82) is 0 Å². The van der Waals surface area contributed by atoms with Gasteiger partial charge in [-0.25, -0.2) is 0 Å². The summed E-state index contributed by atoms with van der Waals surface area (Å²) in [7, 11) is 0. The zero-order chi connectivity index (χ0) is 13.0. The van der Waals surface area contributed by atoms with E-state index in [9.17, 15) is 4.79 Å². The Morgan fingerprint density at radius 1 is 1.42 bits per heavy atom. The van der Waals surface area contributed by atoms with Crippen LogP contribution >= 0.6 is 28.3 Å². The molecule has 3 nitrogen and oxygen atoms in total. The highest BCUT2D eigenvalue weighted by Crippen LogP contribution is 2.23. The Balaban J connectivity index is 0.00000180. The van der Waals surface area contributed by atoms with Gasteiger partial charge in [-0.3, -0.25) is 4.79 Å². The maximum atomic E-state index is 12.0. The first kappa shape index (κ1) is 16.5. The zero-order valence-corrected chi connectivity index (χ0v) is 13.2. The lowest BCUT2D eigenvalue weighted by atomic mass is 9.85. The summed E-state index contributed by atoms with van der Waals surface area (Å²) in [5, 5.41) is 3.00. The van der Waals surface area contributed by atoms with E-state index >= 15 is 0 Å². The topological polar surface area (TPSA) is 55.1 Å². The van der Waals surface area contributed by atoms with Crippen molar-refractivity contribution in [2.75, 3.05) is 0 Å². The van der Waals surface area contributed by atoms with Crippen LogP contribution < -0.4 is 11.1 Å². The second-order valence-electron chi connectivity index (χ2n) is 4.97. The first-order valence-corrected chi connectivity index (χ1v) is 7.22. The lowest BCUT2D eigenvalue weighted by molar-refractivity contribution is -0.126. The van der Waals surface area contributed by atoms with Crippen molar-refractivity contribution in [1.82, 2.24) is 5.32 Å². The van der Waals surface area contributed by atoms with Gasteiger partial charge in [-0.05, 0) is 37.0 Å². The molecule has 1 fully saturated rings. The van der Waals surface area contributed by atoms with E-state index in [0.717, 1.165) is 35.7 Å². The maximum absolute atomic E-state index is 12.0. The van der Waals surface area contributed by atoms with Crippen LogP contribution in [-0.2, 0) is 11.3 Å². The van der Waals surface area contributed by atoms with E-state index < -0.39 is 0 Å². The highest BCUT2D eigenvalue weighted by molar-refractivity contribution is 9.10. The number of carbonyl (C=O) groups excluding carboxylic acids is 1. The van der Waals surface area contributed by atoms with E-state index in [1.807, 2.05) is 24.3 Å². The van der Waals surface area contributed by atoms with Gasteiger partial charge in [0, 0.05) is 23.0 Å². The summed E-state index contributed by atoms with van der Waals surface area (Å²) in [5.41, 5.74) is 7.01. The molecule has 106 valence electrons. The summed E-state index contributed by atoms with van der Waals surface area (Å²) in [6.45, 7) is 0.587. The molecule has 0 saturated heterocycles. The van der Waals surface area contributed by atoms with Crippen molar-refractivity contribution in [3.8, 4) is 0 Å². The smallest absolute Gasteiger partial charge is 0.223 e. The summed E-state index contributed by atoms with van der Waals surface area (Å²) in [6.07, 6.45) is 3.91. The zero-order valence-electron chi connectivity index (χ0n) is 10.8. The third-order valence-corrected chi connectivity index (χ3v) is 3.93. The van der Waals surface area contributed by atoms with Crippen LogP contribution in [0.2, 0.25) is 0 Å². The highest BCUT2D eigenvalue weighted by atomic mass is 79.9. The molecule has 0 aromatic heterocycles. The highest BCUT2D eigenvalue weighted by Gasteiger charge is 2.24. The number of hydrogen-bond acceptors (Lipinski definition) is 2. The molecule has 5 heteroatoms. The molecule has 1 aliphatic carbocycles. The van der Waals surface area contributed by atoms with Gasteiger partial charge in [-0.15, -0.1) is 12.4 Å². The lowest BCUT2D eigenvalue weighted by Crippen LogP contribution is -2.37. The monoisotopic (exact) mass is 346 g/mol. The second kappa shape index (κ2) is 7.88. The molecule has 3 N–H and O–H groups in total. The van der Waals surface area contributed by atoms with E-state index in [-0.39, 0.29) is 30.3 Å². The number of nitrogens with one attached hydrogen (secondary N) is 1. The summed E-state index contributed by atoms with van der Waals surface area (Å²) in [4.78, 5) is 12.0. The summed E-state index contributed by atoms with van der Waals surface area (Å²) in [5.74, 6) is 0.242. The van der Waals surface area contributed by atoms with Crippen LogP contribution in [0, 0.1) is 5.92 Å². The van der Waals surface area contributed by atoms with Crippen LogP contribution in [0.25, 0.3) is 0 Å². The Morgan fingerprint density at radius 2 is 2.21 bits per heavy atom. The van der Waals surface area contributed by atoms with Gasteiger partial charge in [-0.2, -0.15) is 0 Å². The molecule has 0 radical (unpaired) electrons. The Kier molecular flexibility index (Phi) is 6.83. The van der Waals surface area contributed by atoms with E-state index in [0.29, 0.717) is 6.54 Å². The van der Waals surface area contributed by atoms with Crippen molar-refractivity contribution >= 4 is 34.2 Å². The molecule has 1 aromatic rings. The summed E-state index contributed by atoms with van der Waals surface area (Å²) in [6, 6.07) is 8.18. The number of benzene rings is 1. The molecular formula is C14H20BrClN2O. The van der Waals surface area contributed by atoms with Gasteiger partial charge in [0.15, 0.2) is 0 Å². The Hall–Kier alpha value is -0.580. The quantitative estimate of drug-likeness (QED) is 0.883. The van der Waals surface area contributed by atoms with Gasteiger partial charge in [0.25, 0.3) is 0 Å². The lowest BCUT2D eigenvalue weighted by Gasteiger charge is -2.25. The standard InChI is InChI=1S/C14H19BrN2O.ClH/c15-12-5-1-3-10(7-12)9-17-14(18)11-4-2-6-13(16)8-11;/h1,3,5,7,11,13H,2,4,6,8-9,16H2,(H,17,18);1H. The van der Waals surface area contributed by atoms with Gasteiger partial charge < -0.3 is 11.1 Å². The van der Waals surface area contributed by atoms with Crippen LogP contribution in [0.5, 0.6) is 0 Å². The molecule has 1 aromatic carbocycles. The molecule has 19 heavy (non-hydrogen) atoms. The van der Waals surface area contributed by atoms with Crippen LogP contribution in [0.3, 0.4) is 0 Å². The third kappa shape index (κ3) is 5.13. The van der Waals surface area contributed by atoms with Crippen molar-refractivity contribution in [2.24, 2.45) is 11.7 Å². The Bertz CT molecular complexity index is 428. The molecule has 1 aliphatic rings. The number of halogens is 2. The minimum absolute atomic E-state index is 0. The van der Waals surface area contributed by atoms with Gasteiger partial charge in [0.1, 0.15) is 0 Å². The average Bonchev–Trinajstić information content (AvgIpc) is 2.36. The molecule has 1 amide bonds. The molecular weight excluding hydrogens is 328 g/mol. The predicted molar refractivity (Wildman–Crippen MR) is 83.2 cm³/mol. The van der Waals surface area contributed by atoms with Gasteiger partial charge in [0.05, 0.1) is 0 Å². The Labute approximate surface area is 128 Å². The number of carbonyl (C=O) groups is 1. The van der Waals surface area contributed by atoms with Crippen LogP contribution in [-0.4, -0.2) is 11.9 Å². The third-order valence-electron chi connectivity index (χ3n) is 3.44. The molecule has 0 heterocycles. The minimum Gasteiger partial charge on any atom is -0.352 e. The molecule has 1 saturated carbocycles. The SMILES string of the molecule is Cl.NC1CCCC(C(=O)NCc2cccc(Br)c2)C1. The number of nitrogens with two attached hydrogens (primary N) is 1. The van der Waals surface area contributed by atoms with Crippen molar-refractivity contribution in [3.63, 3.8) is 0 Å². The molecule has 2 rings (SSSR count). The van der Waals surface area contributed by atoms with E-state index in [1.165, 1.54) is 0 Å². The first-order chi connectivity index (χ1) is 8.65. The van der Waals surface area contributed by atoms with Gasteiger partial charge in [0.2, 0.25) is 5.91 Å². The minimum atomic E-state index is 0. The van der Waals surface area contributed by atoms with E-state index in [4.69, 9.17) is 5.73 Å². The molecule has 2 atom stereocenters. The predicted octanol–water partition coefficient (Wildman–Crippen LogP) is 3.00. The maximum Gasteiger partial charge on any atom is 0.223 e. The molecule has 2 unspecified atom stereocenters. The molecule has 0 bridgehead atoms. The van der Waals surface area contributed by atoms with Crippen LogP contribution in [0.4, 0.5) is 0 Å². The average molecular weight is 348 g/mol. The van der Waals surface area contributed by atoms with Crippen LogP contribution in [0.15, 0.2) is 28.7 Å². The fourth-order valence-electron chi connectivity index (χ4n) is 2.45. The number of rotatable bonds is 3. The summed E-state index contributed by atoms with van der Waals surface area (Å²) < 4.78 is 1.04. The van der Waals surface area contributed by atoms with Crippen molar-refractivity contribution in [2.45, 2.75) is 38.3 Å². The van der Waals surface area contributed by atoms with E-state index in [2.05, 4.69) is 21.2 Å². The fraction of sp³-hybridized carbons (Fsp3) is 0.500. The molecule has 0 aliphatic heterocycles. The van der Waals surface area contributed by atoms with Gasteiger partial charge >= 0.3 is 0 Å². The van der Waals surface area contributed by atoms with Crippen molar-refractivity contribution < 1.29 is 4.79 Å². The fourth-order valence-corrected chi connectivity index (χ4v) is 2.89.